The standard InChI is InChI=1S/C23H29N5O5S/c1-3-4-11-26-16-24-21-20(26)22(30)28(23(31)27(21)13-17-8-6-5-7-9-17)14-19(29)25(2)18-10-12-34(32,33)15-18/h5-9,16,18H,3-4,10-15H2,1-2H3. The predicted molar refractivity (Wildman–Crippen MR) is 129 cm³/mol. The Morgan fingerprint density at radius 2 is 1.91 bits per heavy atom. The van der Waals surface area contributed by atoms with E-state index in [1.54, 1.807) is 10.9 Å². The molecule has 0 bridgehead atoms. The van der Waals surface area contributed by atoms with Gasteiger partial charge in [0.1, 0.15) is 6.54 Å². The van der Waals surface area contributed by atoms with Gasteiger partial charge in [-0.2, -0.15) is 0 Å². The highest BCUT2D eigenvalue weighted by Crippen LogP contribution is 2.17. The molecule has 0 saturated carbocycles. The fourth-order valence-corrected chi connectivity index (χ4v) is 6.09. The Labute approximate surface area is 197 Å². The van der Waals surface area contributed by atoms with Crippen LogP contribution in [-0.2, 0) is 34.3 Å². The van der Waals surface area contributed by atoms with Gasteiger partial charge in [0, 0.05) is 19.6 Å². The van der Waals surface area contributed by atoms with Crippen LogP contribution in [-0.4, -0.2) is 62.5 Å². The lowest BCUT2D eigenvalue weighted by atomic mass is 10.2. The van der Waals surface area contributed by atoms with Crippen molar-refractivity contribution in [1.29, 1.82) is 0 Å². The molecule has 3 heterocycles. The zero-order valence-electron chi connectivity index (χ0n) is 19.4. The number of likely N-dealkylation sites (N-methyl/N-ethyl adjacent to an activating group) is 1. The molecule has 0 spiro atoms. The SMILES string of the molecule is CCCCn1cnc2c1c(=O)n(CC(=O)N(C)C1CCS(=O)(=O)C1)c(=O)n2Cc1ccccc1. The maximum absolute atomic E-state index is 13.4. The lowest BCUT2D eigenvalue weighted by Crippen LogP contribution is -2.47. The molecule has 1 aliphatic rings. The summed E-state index contributed by atoms with van der Waals surface area (Å²) in [6.07, 6.45) is 3.66. The number of nitrogens with zero attached hydrogens (tertiary/aromatic N) is 5. The van der Waals surface area contributed by atoms with Crippen LogP contribution < -0.4 is 11.2 Å². The molecule has 34 heavy (non-hydrogen) atoms. The van der Waals surface area contributed by atoms with E-state index in [4.69, 9.17) is 0 Å². The molecule has 2 aromatic heterocycles. The number of hydrogen-bond donors (Lipinski definition) is 0. The van der Waals surface area contributed by atoms with Gasteiger partial charge in [-0.1, -0.05) is 43.7 Å². The van der Waals surface area contributed by atoms with Crippen LogP contribution in [0, 0.1) is 0 Å². The van der Waals surface area contributed by atoms with Crippen LogP contribution in [0.3, 0.4) is 0 Å². The fraction of sp³-hybridized carbons (Fsp3) is 0.478. The minimum atomic E-state index is -3.18. The van der Waals surface area contributed by atoms with E-state index in [0.717, 1.165) is 23.0 Å². The number of imidazole rings is 1. The van der Waals surface area contributed by atoms with E-state index in [0.29, 0.717) is 13.0 Å². The molecular formula is C23H29N5O5S. The van der Waals surface area contributed by atoms with E-state index in [1.807, 2.05) is 37.3 Å². The molecule has 0 N–H and O–H groups in total. The molecule has 1 aromatic carbocycles. The van der Waals surface area contributed by atoms with Gasteiger partial charge in [0.25, 0.3) is 5.56 Å². The summed E-state index contributed by atoms with van der Waals surface area (Å²) < 4.78 is 27.8. The van der Waals surface area contributed by atoms with Gasteiger partial charge >= 0.3 is 5.69 Å². The number of aryl methyl sites for hydroxylation is 1. The molecule has 1 atom stereocenters. The van der Waals surface area contributed by atoms with Crippen molar-refractivity contribution < 1.29 is 13.2 Å². The second kappa shape index (κ2) is 9.57. The van der Waals surface area contributed by atoms with Crippen molar-refractivity contribution in [3.05, 3.63) is 63.1 Å². The first-order valence-corrected chi connectivity index (χ1v) is 13.2. The van der Waals surface area contributed by atoms with E-state index in [-0.39, 0.29) is 29.2 Å². The normalized spacial score (nSPS) is 17.3. The molecule has 182 valence electrons. The fourth-order valence-electron chi connectivity index (χ4n) is 4.32. The minimum absolute atomic E-state index is 0.0295. The van der Waals surface area contributed by atoms with Gasteiger partial charge in [0.15, 0.2) is 21.0 Å². The molecule has 0 radical (unpaired) electrons. The average Bonchev–Trinajstić information content (AvgIpc) is 3.41. The van der Waals surface area contributed by atoms with Crippen molar-refractivity contribution in [2.24, 2.45) is 0 Å². The number of carbonyl (C=O) groups excluding carboxylic acids is 1. The molecule has 1 aliphatic heterocycles. The summed E-state index contributed by atoms with van der Waals surface area (Å²) in [7, 11) is -1.66. The smallest absolute Gasteiger partial charge is 0.333 e. The van der Waals surface area contributed by atoms with E-state index < -0.39 is 39.6 Å². The molecule has 3 aromatic rings. The van der Waals surface area contributed by atoms with Crippen molar-refractivity contribution in [2.45, 2.75) is 51.9 Å². The van der Waals surface area contributed by atoms with E-state index in [1.165, 1.54) is 16.5 Å². The number of hydrogen-bond acceptors (Lipinski definition) is 6. The Morgan fingerprint density at radius 1 is 1.18 bits per heavy atom. The molecule has 0 aliphatic carbocycles. The first-order chi connectivity index (χ1) is 16.2. The average molecular weight is 488 g/mol. The van der Waals surface area contributed by atoms with Crippen LogP contribution >= 0.6 is 0 Å². The van der Waals surface area contributed by atoms with E-state index in [9.17, 15) is 22.8 Å². The maximum atomic E-state index is 13.4. The predicted octanol–water partition coefficient (Wildman–Crippen LogP) is 0.854. The summed E-state index contributed by atoms with van der Waals surface area (Å²) in [6.45, 7) is 2.35. The van der Waals surface area contributed by atoms with E-state index >= 15 is 0 Å². The van der Waals surface area contributed by atoms with Gasteiger partial charge < -0.3 is 9.47 Å². The summed E-state index contributed by atoms with van der Waals surface area (Å²) >= 11 is 0. The van der Waals surface area contributed by atoms with Crippen molar-refractivity contribution >= 4 is 26.9 Å². The van der Waals surface area contributed by atoms with E-state index in [2.05, 4.69) is 4.98 Å². The Morgan fingerprint density at radius 3 is 2.56 bits per heavy atom. The second-order valence-electron chi connectivity index (χ2n) is 8.77. The Bertz CT molecular complexity index is 1420. The highest BCUT2D eigenvalue weighted by molar-refractivity contribution is 7.91. The lowest BCUT2D eigenvalue weighted by Gasteiger charge is -2.23. The summed E-state index contributed by atoms with van der Waals surface area (Å²) in [5.74, 6) is -0.557. The van der Waals surface area contributed by atoms with Crippen molar-refractivity contribution in [3.63, 3.8) is 0 Å². The highest BCUT2D eigenvalue weighted by Gasteiger charge is 2.33. The highest BCUT2D eigenvalue weighted by atomic mass is 32.2. The van der Waals surface area contributed by atoms with Gasteiger partial charge in [-0.05, 0) is 18.4 Å². The van der Waals surface area contributed by atoms with Crippen LogP contribution in [0.5, 0.6) is 0 Å². The number of sulfone groups is 1. The minimum Gasteiger partial charge on any atom is -0.340 e. The van der Waals surface area contributed by atoms with Gasteiger partial charge in [-0.3, -0.25) is 14.2 Å². The topological polar surface area (TPSA) is 116 Å². The number of benzene rings is 1. The van der Waals surface area contributed by atoms with Gasteiger partial charge in [-0.25, -0.2) is 22.8 Å². The zero-order valence-corrected chi connectivity index (χ0v) is 20.2. The number of unbranched alkanes of at least 4 members (excludes halogenated alkanes) is 1. The number of carbonyl (C=O) groups is 1. The molecule has 4 rings (SSSR count). The molecule has 10 nitrogen and oxygen atoms in total. The first kappa shape index (κ1) is 23.9. The maximum Gasteiger partial charge on any atom is 0.333 e. The number of fused-ring (bicyclic) bond motifs is 1. The monoisotopic (exact) mass is 487 g/mol. The zero-order chi connectivity index (χ0) is 24.5. The number of aromatic nitrogens is 4. The third kappa shape index (κ3) is 4.70. The molecule has 1 unspecified atom stereocenters. The van der Waals surface area contributed by atoms with Crippen LogP contribution in [0.25, 0.3) is 11.2 Å². The third-order valence-electron chi connectivity index (χ3n) is 6.36. The van der Waals surface area contributed by atoms with Gasteiger partial charge in [0.05, 0.1) is 24.4 Å². The van der Waals surface area contributed by atoms with Gasteiger partial charge in [-0.15, -0.1) is 0 Å². The van der Waals surface area contributed by atoms with Crippen LogP contribution in [0.4, 0.5) is 0 Å². The quantitative estimate of drug-likeness (QED) is 0.465. The van der Waals surface area contributed by atoms with Crippen molar-refractivity contribution in [2.75, 3.05) is 18.6 Å². The molecular weight excluding hydrogens is 458 g/mol. The largest absolute Gasteiger partial charge is 0.340 e. The third-order valence-corrected chi connectivity index (χ3v) is 8.11. The first-order valence-electron chi connectivity index (χ1n) is 11.4. The van der Waals surface area contributed by atoms with Crippen LogP contribution in [0.2, 0.25) is 0 Å². The second-order valence-corrected chi connectivity index (χ2v) is 11.0. The Kier molecular flexibility index (Phi) is 6.74. The Balaban J connectivity index is 1.76. The van der Waals surface area contributed by atoms with Crippen LogP contribution in [0.15, 0.2) is 46.2 Å². The lowest BCUT2D eigenvalue weighted by molar-refractivity contribution is -0.132. The molecule has 1 saturated heterocycles. The van der Waals surface area contributed by atoms with Gasteiger partial charge in [0.2, 0.25) is 5.91 Å². The Hall–Kier alpha value is -3.21. The van der Waals surface area contributed by atoms with Crippen molar-refractivity contribution in [1.82, 2.24) is 23.6 Å². The molecule has 1 fully saturated rings. The summed E-state index contributed by atoms with van der Waals surface area (Å²) in [6, 6.07) is 8.89. The van der Waals surface area contributed by atoms with Crippen molar-refractivity contribution in [3.8, 4) is 0 Å². The molecule has 11 heteroatoms. The molecule has 1 amide bonds. The van der Waals surface area contributed by atoms with Crippen LogP contribution in [0.1, 0.15) is 31.7 Å². The summed E-state index contributed by atoms with van der Waals surface area (Å²) in [5, 5.41) is 0. The summed E-state index contributed by atoms with van der Waals surface area (Å²) in [5.41, 5.74) is 0.234. The number of rotatable bonds is 8. The summed E-state index contributed by atoms with van der Waals surface area (Å²) in [4.78, 5) is 45.6. The number of amides is 1.